The number of nitrogens with two attached hydrogens (primary N) is 1. The molecule has 0 radical (unpaired) electrons. The van der Waals surface area contributed by atoms with Gasteiger partial charge in [-0.3, -0.25) is 0 Å². The molecule has 0 saturated heterocycles. The molecule has 2 N–H and O–H groups in total. The van der Waals surface area contributed by atoms with Gasteiger partial charge in [0, 0.05) is 25.3 Å². The lowest BCUT2D eigenvalue weighted by molar-refractivity contribution is 0.666. The van der Waals surface area contributed by atoms with E-state index in [4.69, 9.17) is 5.73 Å². The smallest absolute Gasteiger partial charge is 0.0397 e. The summed E-state index contributed by atoms with van der Waals surface area (Å²) in [5.41, 5.74) is 10.1. The molecule has 1 heterocycles. The first-order chi connectivity index (χ1) is 7.16. The summed E-state index contributed by atoms with van der Waals surface area (Å²) in [5, 5.41) is 0. The first kappa shape index (κ1) is 10.5. The van der Waals surface area contributed by atoms with Gasteiger partial charge in [-0.2, -0.15) is 0 Å². The third-order valence-electron chi connectivity index (χ3n) is 3.16. The van der Waals surface area contributed by atoms with Crippen molar-refractivity contribution in [2.45, 2.75) is 32.2 Å². The van der Waals surface area contributed by atoms with Crippen LogP contribution in [0.3, 0.4) is 0 Å². The molecule has 0 spiro atoms. The molecular formula is C13H20N2. The van der Waals surface area contributed by atoms with Crippen LogP contribution in [0.25, 0.3) is 0 Å². The number of hydrogen-bond acceptors (Lipinski definition) is 2. The molecule has 2 heteroatoms. The molecule has 1 aliphatic rings. The van der Waals surface area contributed by atoms with Crippen LogP contribution < -0.4 is 10.6 Å². The highest BCUT2D eigenvalue weighted by Gasteiger charge is 2.15. The number of likely N-dealkylation sites (N-methyl/N-ethyl adjacent to an activating group) is 1. The summed E-state index contributed by atoms with van der Waals surface area (Å²) in [7, 11) is 2.16. The van der Waals surface area contributed by atoms with Gasteiger partial charge in [-0.25, -0.2) is 0 Å². The van der Waals surface area contributed by atoms with Crippen LogP contribution in [-0.4, -0.2) is 19.6 Å². The van der Waals surface area contributed by atoms with Crippen molar-refractivity contribution in [1.82, 2.24) is 0 Å². The van der Waals surface area contributed by atoms with Crippen LogP contribution >= 0.6 is 0 Å². The maximum atomic E-state index is 5.77. The Bertz CT molecular complexity index is 344. The van der Waals surface area contributed by atoms with Gasteiger partial charge in [-0.05, 0) is 43.4 Å². The first-order valence-corrected chi connectivity index (χ1v) is 5.75. The van der Waals surface area contributed by atoms with Gasteiger partial charge in [0.05, 0.1) is 0 Å². The molecule has 0 saturated carbocycles. The highest BCUT2D eigenvalue weighted by molar-refractivity contribution is 5.58. The van der Waals surface area contributed by atoms with E-state index in [-0.39, 0.29) is 0 Å². The lowest BCUT2D eigenvalue weighted by atomic mass is 10.0. The van der Waals surface area contributed by atoms with Crippen molar-refractivity contribution >= 4 is 5.69 Å². The van der Waals surface area contributed by atoms with Gasteiger partial charge < -0.3 is 10.6 Å². The molecular weight excluding hydrogens is 184 g/mol. The van der Waals surface area contributed by atoms with Crippen molar-refractivity contribution in [3.63, 3.8) is 0 Å². The van der Waals surface area contributed by atoms with Gasteiger partial charge in [0.2, 0.25) is 0 Å². The largest absolute Gasteiger partial charge is 0.374 e. The minimum absolute atomic E-state index is 0.306. The van der Waals surface area contributed by atoms with Gasteiger partial charge in [0.25, 0.3) is 0 Å². The van der Waals surface area contributed by atoms with Crippen LogP contribution in [0, 0.1) is 0 Å². The van der Waals surface area contributed by atoms with E-state index in [1.54, 1.807) is 0 Å². The quantitative estimate of drug-likeness (QED) is 0.815. The average Bonchev–Trinajstić information content (AvgIpc) is 2.57. The second-order valence-electron chi connectivity index (χ2n) is 4.65. The lowest BCUT2D eigenvalue weighted by Crippen LogP contribution is -2.15. The SMILES string of the molecule is C[C@@H](N)CCc1ccc2c(c1)CCN2C. The Morgan fingerprint density at radius 2 is 2.27 bits per heavy atom. The molecule has 0 amide bonds. The van der Waals surface area contributed by atoms with Gasteiger partial charge >= 0.3 is 0 Å². The summed E-state index contributed by atoms with van der Waals surface area (Å²) in [6.07, 6.45) is 3.38. The Morgan fingerprint density at radius 3 is 3.00 bits per heavy atom. The molecule has 0 fully saturated rings. The standard InChI is InChI=1S/C13H20N2/c1-10(14)3-4-11-5-6-13-12(9-11)7-8-15(13)2/h5-6,9-10H,3-4,7-8,14H2,1-2H3/t10-/m1/s1. The van der Waals surface area contributed by atoms with E-state index in [9.17, 15) is 0 Å². The maximum Gasteiger partial charge on any atom is 0.0397 e. The number of anilines is 1. The number of benzene rings is 1. The van der Waals surface area contributed by atoms with Crippen LogP contribution in [0.4, 0.5) is 5.69 Å². The molecule has 2 rings (SSSR count). The molecule has 0 aromatic heterocycles. The van der Waals surface area contributed by atoms with Crippen molar-refractivity contribution < 1.29 is 0 Å². The predicted octanol–water partition coefficient (Wildman–Crippen LogP) is 1.96. The number of fused-ring (bicyclic) bond motifs is 1. The third kappa shape index (κ3) is 2.32. The van der Waals surface area contributed by atoms with Crippen molar-refractivity contribution in [1.29, 1.82) is 0 Å². The molecule has 1 aromatic rings. The van der Waals surface area contributed by atoms with Crippen LogP contribution in [0.15, 0.2) is 18.2 Å². The topological polar surface area (TPSA) is 29.3 Å². The highest BCUT2D eigenvalue weighted by atomic mass is 15.1. The summed E-state index contributed by atoms with van der Waals surface area (Å²) in [6.45, 7) is 3.23. The summed E-state index contributed by atoms with van der Waals surface area (Å²) >= 11 is 0. The van der Waals surface area contributed by atoms with Gasteiger partial charge in [-0.1, -0.05) is 12.1 Å². The number of nitrogens with zero attached hydrogens (tertiary/aromatic N) is 1. The van der Waals surface area contributed by atoms with Crippen molar-refractivity contribution in [3.05, 3.63) is 29.3 Å². The van der Waals surface area contributed by atoms with E-state index in [1.807, 2.05) is 0 Å². The molecule has 0 unspecified atom stereocenters. The number of rotatable bonds is 3. The van der Waals surface area contributed by atoms with E-state index < -0.39 is 0 Å². The van der Waals surface area contributed by atoms with E-state index in [0.717, 1.165) is 19.4 Å². The highest BCUT2D eigenvalue weighted by Crippen LogP contribution is 2.27. The Morgan fingerprint density at radius 1 is 1.47 bits per heavy atom. The fourth-order valence-corrected chi connectivity index (χ4v) is 2.17. The number of hydrogen-bond donors (Lipinski definition) is 1. The zero-order chi connectivity index (χ0) is 10.8. The molecule has 2 nitrogen and oxygen atoms in total. The second-order valence-corrected chi connectivity index (χ2v) is 4.65. The molecule has 1 atom stereocenters. The zero-order valence-corrected chi connectivity index (χ0v) is 9.66. The average molecular weight is 204 g/mol. The molecule has 0 aliphatic carbocycles. The van der Waals surface area contributed by atoms with Crippen molar-refractivity contribution in [3.8, 4) is 0 Å². The van der Waals surface area contributed by atoms with Crippen LogP contribution in [-0.2, 0) is 12.8 Å². The third-order valence-corrected chi connectivity index (χ3v) is 3.16. The Balaban J connectivity index is 2.09. The van der Waals surface area contributed by atoms with Crippen LogP contribution in [0.2, 0.25) is 0 Å². The molecule has 15 heavy (non-hydrogen) atoms. The predicted molar refractivity (Wildman–Crippen MR) is 65.4 cm³/mol. The van der Waals surface area contributed by atoms with E-state index in [2.05, 4.69) is 37.1 Å². The second kappa shape index (κ2) is 4.23. The summed E-state index contributed by atoms with van der Waals surface area (Å²) in [5.74, 6) is 0. The maximum absolute atomic E-state index is 5.77. The monoisotopic (exact) mass is 204 g/mol. The van der Waals surface area contributed by atoms with Crippen LogP contribution in [0.5, 0.6) is 0 Å². The molecule has 82 valence electrons. The van der Waals surface area contributed by atoms with E-state index in [1.165, 1.54) is 23.2 Å². The summed E-state index contributed by atoms with van der Waals surface area (Å²) < 4.78 is 0. The number of aryl methyl sites for hydroxylation is 1. The normalized spacial score (nSPS) is 16.6. The molecule has 1 aromatic carbocycles. The van der Waals surface area contributed by atoms with Gasteiger partial charge in [-0.15, -0.1) is 0 Å². The minimum atomic E-state index is 0.306. The zero-order valence-electron chi connectivity index (χ0n) is 9.66. The fourth-order valence-electron chi connectivity index (χ4n) is 2.17. The lowest BCUT2D eigenvalue weighted by Gasteiger charge is -2.12. The first-order valence-electron chi connectivity index (χ1n) is 5.75. The van der Waals surface area contributed by atoms with Gasteiger partial charge in [0.15, 0.2) is 0 Å². The molecule has 1 aliphatic heterocycles. The Kier molecular flexibility index (Phi) is 2.96. The minimum Gasteiger partial charge on any atom is -0.374 e. The van der Waals surface area contributed by atoms with Crippen molar-refractivity contribution in [2.24, 2.45) is 5.73 Å². The van der Waals surface area contributed by atoms with Crippen molar-refractivity contribution in [2.75, 3.05) is 18.5 Å². The van der Waals surface area contributed by atoms with E-state index in [0.29, 0.717) is 6.04 Å². The van der Waals surface area contributed by atoms with Crippen LogP contribution in [0.1, 0.15) is 24.5 Å². The fraction of sp³-hybridized carbons (Fsp3) is 0.538. The van der Waals surface area contributed by atoms with E-state index >= 15 is 0 Å². The Hall–Kier alpha value is -1.02. The summed E-state index contributed by atoms with van der Waals surface area (Å²) in [4.78, 5) is 2.32. The van der Waals surface area contributed by atoms with Gasteiger partial charge in [0.1, 0.15) is 0 Å². The Labute approximate surface area is 92.1 Å². The summed E-state index contributed by atoms with van der Waals surface area (Å²) in [6, 6.07) is 7.14. The molecule has 0 bridgehead atoms.